The van der Waals surface area contributed by atoms with Gasteiger partial charge in [-0.1, -0.05) is 5.16 Å². The van der Waals surface area contributed by atoms with E-state index in [1.165, 1.54) is 0 Å². The van der Waals surface area contributed by atoms with Crippen LogP contribution in [-0.2, 0) is 11.2 Å². The van der Waals surface area contributed by atoms with E-state index in [1.54, 1.807) is 24.3 Å². The first kappa shape index (κ1) is 13.3. The van der Waals surface area contributed by atoms with E-state index < -0.39 is 5.41 Å². The van der Waals surface area contributed by atoms with Gasteiger partial charge in [-0.3, -0.25) is 9.78 Å². The highest BCUT2D eigenvalue weighted by atomic mass is 16.4. The highest BCUT2D eigenvalue weighted by Gasteiger charge is 2.55. The van der Waals surface area contributed by atoms with E-state index in [0.717, 1.165) is 12.0 Å². The summed E-state index contributed by atoms with van der Waals surface area (Å²) in [5.74, 6) is -0.0508. The Morgan fingerprint density at radius 2 is 2.16 bits per heavy atom. The molecule has 1 amide bonds. The second-order valence-corrected chi connectivity index (χ2v) is 4.90. The van der Waals surface area contributed by atoms with Crippen LogP contribution >= 0.6 is 0 Å². The van der Waals surface area contributed by atoms with Crippen LogP contribution in [0.15, 0.2) is 29.7 Å². The fourth-order valence-corrected chi connectivity index (χ4v) is 2.11. The van der Waals surface area contributed by atoms with Crippen LogP contribution in [-0.4, -0.2) is 40.4 Å². The smallest absolute Gasteiger partial charge is 0.236 e. The number of oxime groups is 1. The van der Waals surface area contributed by atoms with E-state index in [4.69, 9.17) is 10.9 Å². The first-order valence-corrected chi connectivity index (χ1v) is 6.22. The number of carbonyl (C=O) groups excluding carboxylic acids is 1. The van der Waals surface area contributed by atoms with Crippen LogP contribution in [0.1, 0.15) is 18.4 Å². The van der Waals surface area contributed by atoms with E-state index in [2.05, 4.69) is 10.1 Å². The molecule has 0 atom stereocenters. The topological polar surface area (TPSA) is 91.8 Å². The first-order chi connectivity index (χ1) is 9.10. The molecule has 1 heterocycles. The Bertz CT molecular complexity index is 483. The summed E-state index contributed by atoms with van der Waals surface area (Å²) in [5.41, 5.74) is 5.97. The van der Waals surface area contributed by atoms with Crippen LogP contribution < -0.4 is 5.73 Å². The molecule has 0 radical (unpaired) electrons. The van der Waals surface area contributed by atoms with Gasteiger partial charge < -0.3 is 15.8 Å². The van der Waals surface area contributed by atoms with E-state index >= 15 is 0 Å². The van der Waals surface area contributed by atoms with Crippen LogP contribution in [0.25, 0.3) is 0 Å². The predicted octanol–water partition coefficient (Wildman–Crippen LogP) is 0.609. The van der Waals surface area contributed by atoms with Gasteiger partial charge in [0.15, 0.2) is 5.84 Å². The van der Waals surface area contributed by atoms with Crippen molar-refractivity contribution in [3.8, 4) is 0 Å². The molecular formula is C13H18N4O2. The summed E-state index contributed by atoms with van der Waals surface area (Å²) in [4.78, 5) is 17.9. The quantitative estimate of drug-likeness (QED) is 0.352. The second-order valence-electron chi connectivity index (χ2n) is 4.90. The summed E-state index contributed by atoms with van der Waals surface area (Å²) in [6, 6.07) is 3.85. The third kappa shape index (κ3) is 2.67. The zero-order valence-corrected chi connectivity index (χ0v) is 10.9. The predicted molar refractivity (Wildman–Crippen MR) is 70.7 cm³/mol. The van der Waals surface area contributed by atoms with Crippen molar-refractivity contribution in [2.45, 2.75) is 19.3 Å². The van der Waals surface area contributed by atoms with Crippen molar-refractivity contribution in [3.63, 3.8) is 0 Å². The van der Waals surface area contributed by atoms with Gasteiger partial charge in [-0.2, -0.15) is 0 Å². The molecule has 6 heteroatoms. The molecular weight excluding hydrogens is 244 g/mol. The number of amidine groups is 1. The van der Waals surface area contributed by atoms with E-state index in [1.807, 2.05) is 12.1 Å². The van der Waals surface area contributed by atoms with Crippen LogP contribution in [0.2, 0.25) is 0 Å². The fourth-order valence-electron chi connectivity index (χ4n) is 2.11. The van der Waals surface area contributed by atoms with Crippen molar-refractivity contribution in [2.24, 2.45) is 16.3 Å². The molecule has 1 aromatic rings. The lowest BCUT2D eigenvalue weighted by Gasteiger charge is -2.22. The molecule has 1 aromatic heterocycles. The lowest BCUT2D eigenvalue weighted by molar-refractivity contribution is -0.133. The molecule has 6 nitrogen and oxygen atoms in total. The lowest BCUT2D eigenvalue weighted by atomic mass is 10.0. The van der Waals surface area contributed by atoms with Crippen molar-refractivity contribution < 1.29 is 10.0 Å². The Kier molecular flexibility index (Phi) is 3.69. The number of carbonyl (C=O) groups is 1. The summed E-state index contributed by atoms with van der Waals surface area (Å²) in [6.45, 7) is 0.601. The number of rotatable bonds is 5. The highest BCUT2D eigenvalue weighted by Crippen LogP contribution is 2.47. The maximum atomic E-state index is 12.3. The SMILES string of the molecule is CN(CCc1ccncc1)C(=O)C1(/C(N)=N/O)CC1. The Morgan fingerprint density at radius 1 is 1.53 bits per heavy atom. The molecule has 0 bridgehead atoms. The Labute approximate surface area is 111 Å². The summed E-state index contributed by atoms with van der Waals surface area (Å²) in [7, 11) is 1.74. The third-order valence-electron chi connectivity index (χ3n) is 3.59. The molecule has 0 unspecified atom stereocenters. The Morgan fingerprint density at radius 3 is 2.68 bits per heavy atom. The molecule has 3 N–H and O–H groups in total. The molecule has 1 fully saturated rings. The monoisotopic (exact) mass is 262 g/mol. The highest BCUT2D eigenvalue weighted by molar-refractivity contribution is 6.09. The average Bonchev–Trinajstić information content (AvgIpc) is 3.25. The molecule has 1 aliphatic rings. The third-order valence-corrected chi connectivity index (χ3v) is 3.59. The summed E-state index contributed by atoms with van der Waals surface area (Å²) in [5, 5.41) is 11.7. The summed E-state index contributed by atoms with van der Waals surface area (Å²) >= 11 is 0. The van der Waals surface area contributed by atoms with Gasteiger partial charge in [0.25, 0.3) is 0 Å². The van der Waals surface area contributed by atoms with Crippen LogP contribution in [0.5, 0.6) is 0 Å². The van der Waals surface area contributed by atoms with Gasteiger partial charge in [-0.05, 0) is 37.0 Å². The molecule has 1 aliphatic carbocycles. The number of likely N-dealkylation sites (N-methyl/N-ethyl adjacent to an activating group) is 1. The normalized spacial score (nSPS) is 17.0. The van der Waals surface area contributed by atoms with Crippen LogP contribution in [0.4, 0.5) is 0 Å². The van der Waals surface area contributed by atoms with E-state index in [9.17, 15) is 4.79 Å². The van der Waals surface area contributed by atoms with E-state index in [-0.39, 0.29) is 11.7 Å². The van der Waals surface area contributed by atoms with Crippen LogP contribution in [0.3, 0.4) is 0 Å². The molecule has 1 saturated carbocycles. The number of pyridine rings is 1. The average molecular weight is 262 g/mol. The maximum Gasteiger partial charge on any atom is 0.236 e. The molecule has 19 heavy (non-hydrogen) atoms. The number of aromatic nitrogens is 1. The number of amides is 1. The summed E-state index contributed by atoms with van der Waals surface area (Å²) < 4.78 is 0. The molecule has 0 saturated heterocycles. The van der Waals surface area contributed by atoms with Crippen molar-refractivity contribution in [2.75, 3.05) is 13.6 Å². The Hall–Kier alpha value is -2.11. The lowest BCUT2D eigenvalue weighted by Crippen LogP contribution is -2.42. The van der Waals surface area contributed by atoms with Crippen molar-refractivity contribution in [1.82, 2.24) is 9.88 Å². The van der Waals surface area contributed by atoms with Gasteiger partial charge >= 0.3 is 0 Å². The molecule has 0 aliphatic heterocycles. The van der Waals surface area contributed by atoms with Crippen molar-refractivity contribution in [1.29, 1.82) is 0 Å². The zero-order valence-electron chi connectivity index (χ0n) is 10.9. The van der Waals surface area contributed by atoms with Gasteiger partial charge in [-0.15, -0.1) is 0 Å². The molecule has 2 rings (SSSR count). The number of hydrogen-bond acceptors (Lipinski definition) is 4. The van der Waals surface area contributed by atoms with Gasteiger partial charge in [0.1, 0.15) is 5.41 Å². The zero-order chi connectivity index (χ0) is 13.9. The number of nitrogens with zero attached hydrogens (tertiary/aromatic N) is 3. The van der Waals surface area contributed by atoms with Crippen molar-refractivity contribution >= 4 is 11.7 Å². The van der Waals surface area contributed by atoms with Gasteiger partial charge in [0.05, 0.1) is 0 Å². The maximum absolute atomic E-state index is 12.3. The number of hydrogen-bond donors (Lipinski definition) is 2. The minimum absolute atomic E-state index is 0.0215. The summed E-state index contributed by atoms with van der Waals surface area (Å²) in [6.07, 6.45) is 5.53. The Balaban J connectivity index is 1.94. The first-order valence-electron chi connectivity index (χ1n) is 6.22. The molecule has 0 aromatic carbocycles. The standard InChI is InChI=1S/C13H18N4O2/c1-17(9-4-10-2-7-15-8-3-10)12(18)13(5-6-13)11(14)16-19/h2-3,7-8,19H,4-6,9H2,1H3,(H2,14,16). The van der Waals surface area contributed by atoms with Crippen molar-refractivity contribution in [3.05, 3.63) is 30.1 Å². The second kappa shape index (κ2) is 5.26. The fraction of sp³-hybridized carbons (Fsp3) is 0.462. The molecule has 102 valence electrons. The largest absolute Gasteiger partial charge is 0.409 e. The molecule has 0 spiro atoms. The van der Waals surface area contributed by atoms with Gasteiger partial charge in [0, 0.05) is 26.0 Å². The van der Waals surface area contributed by atoms with Gasteiger partial charge in [0.2, 0.25) is 5.91 Å². The minimum Gasteiger partial charge on any atom is -0.409 e. The minimum atomic E-state index is -0.762. The van der Waals surface area contributed by atoms with E-state index in [0.29, 0.717) is 19.4 Å². The van der Waals surface area contributed by atoms with Crippen LogP contribution in [0, 0.1) is 5.41 Å². The number of nitrogens with two attached hydrogens (primary N) is 1. The van der Waals surface area contributed by atoms with Gasteiger partial charge in [-0.25, -0.2) is 0 Å².